The molecule has 1 aromatic rings. The number of anilines is 3. The highest BCUT2D eigenvalue weighted by molar-refractivity contribution is 5.76. The topological polar surface area (TPSA) is 158 Å². The summed E-state index contributed by atoms with van der Waals surface area (Å²) in [6.07, 6.45) is 0. The molecular weight excluding hydrogens is 206 g/mol. The molecule has 1 aromatic heterocycles. The van der Waals surface area contributed by atoms with Crippen LogP contribution in [0.4, 0.5) is 17.2 Å². The molecule has 1 rings (SSSR count). The van der Waals surface area contributed by atoms with Gasteiger partial charge >= 0.3 is 11.7 Å². The molecule has 0 spiro atoms. The number of nitrogens with two attached hydrogens (primary N) is 2. The van der Waals surface area contributed by atoms with E-state index < -0.39 is 11.7 Å². The van der Waals surface area contributed by atoms with Crippen LogP contribution in [-0.4, -0.2) is 23.4 Å². The van der Waals surface area contributed by atoms with Gasteiger partial charge in [-0.15, -0.1) is 0 Å². The van der Waals surface area contributed by atoms with Crippen LogP contribution in [0.15, 0.2) is 0 Å². The van der Waals surface area contributed by atoms with Gasteiger partial charge in [0.05, 0.1) is 6.61 Å². The molecule has 0 aliphatic heterocycles. The van der Waals surface area contributed by atoms with Crippen molar-refractivity contribution in [3.05, 3.63) is 10.4 Å². The van der Waals surface area contributed by atoms with E-state index in [0.29, 0.717) is 0 Å². The molecule has 0 fully saturated rings. The van der Waals surface area contributed by atoms with Crippen molar-refractivity contribution in [2.75, 3.05) is 29.9 Å². The second-order valence-electron chi connectivity index (χ2n) is 2.69. The predicted octanol–water partition coefficient (Wildman–Crippen LogP) is -2.77. The van der Waals surface area contributed by atoms with Crippen LogP contribution in [0, 0.1) is 10.4 Å². The fourth-order valence-electron chi connectivity index (χ4n) is 0.986. The molecule has 0 saturated carbocycles. The molecule has 0 aliphatic carbocycles. The van der Waals surface area contributed by atoms with E-state index in [1.165, 1.54) is 0 Å². The number of rotatable bonds is 3. The summed E-state index contributed by atoms with van der Waals surface area (Å²) < 4.78 is 0. The van der Waals surface area contributed by atoms with Crippen molar-refractivity contribution >= 4 is 17.2 Å². The number of aromatic nitrogens is 2. The van der Waals surface area contributed by atoms with Crippen LogP contribution >= 0.6 is 0 Å². The van der Waals surface area contributed by atoms with Gasteiger partial charge in [-0.2, -0.15) is 0 Å². The van der Waals surface area contributed by atoms with Gasteiger partial charge in [-0.25, -0.2) is 0 Å². The highest BCUT2D eigenvalue weighted by atomic mass is 16.6. The summed E-state index contributed by atoms with van der Waals surface area (Å²) in [6.45, 7) is -0.177. The summed E-state index contributed by atoms with van der Waals surface area (Å²) in [6, 6.07) is 0. The van der Waals surface area contributed by atoms with Crippen LogP contribution in [0.5, 0.6) is 5.88 Å². The van der Waals surface area contributed by atoms with Gasteiger partial charge in [0.15, 0.2) is 11.4 Å². The van der Waals surface area contributed by atoms with Crippen molar-refractivity contribution in [3.8, 4) is 5.88 Å². The van der Waals surface area contributed by atoms with Crippen LogP contribution in [0.3, 0.4) is 0 Å². The molecule has 84 valence electrons. The van der Waals surface area contributed by atoms with Gasteiger partial charge in [0.1, 0.15) is 0 Å². The lowest BCUT2D eigenvalue weighted by Crippen LogP contribution is -2.62. The van der Waals surface area contributed by atoms with E-state index in [-0.39, 0.29) is 34.2 Å². The van der Waals surface area contributed by atoms with Gasteiger partial charge in [0.2, 0.25) is 0 Å². The lowest BCUT2D eigenvalue weighted by Gasteiger charge is -2.11. The third kappa shape index (κ3) is 1.72. The normalized spacial score (nSPS) is 10.2. The number of nitrogen functional groups attached to an aromatic ring is 2. The third-order valence-electron chi connectivity index (χ3n) is 1.73. The molecule has 0 bridgehead atoms. The van der Waals surface area contributed by atoms with Gasteiger partial charge in [0.25, 0.3) is 0 Å². The van der Waals surface area contributed by atoms with E-state index >= 15 is 0 Å². The number of nitrogens with one attached hydrogen (secondary N) is 1. The first kappa shape index (κ1) is 10.9. The Morgan fingerprint density at radius 3 is 2.40 bits per heavy atom. The summed E-state index contributed by atoms with van der Waals surface area (Å²) in [5, 5.41) is 42.2. The number of nitrogens with zero attached hydrogens (tertiary/aromatic N) is 2. The number of aliphatic hydroxyl groups is 1. The van der Waals surface area contributed by atoms with Gasteiger partial charge in [-0.3, -0.25) is 5.73 Å². The van der Waals surface area contributed by atoms with Crippen molar-refractivity contribution in [1.29, 1.82) is 0 Å². The van der Waals surface area contributed by atoms with Crippen LogP contribution in [0.2, 0.25) is 0 Å². The molecule has 0 atom stereocenters. The van der Waals surface area contributed by atoms with Crippen molar-refractivity contribution in [3.63, 3.8) is 0 Å². The molecule has 1 heterocycles. The molecule has 0 saturated heterocycles. The molecule has 0 radical (unpaired) electrons. The quantitative estimate of drug-likeness (QED) is 0.270. The van der Waals surface area contributed by atoms with Crippen molar-refractivity contribution in [1.82, 2.24) is 0 Å². The molecule has 7 N–H and O–H groups in total. The number of aliphatic hydroxyl groups excluding tert-OH is 1. The van der Waals surface area contributed by atoms with Crippen molar-refractivity contribution in [2.24, 2.45) is 0 Å². The van der Waals surface area contributed by atoms with Gasteiger partial charge in [0, 0.05) is 16.2 Å². The molecular formula is C6H11N5O4. The Bertz CT molecular complexity index is 353. The van der Waals surface area contributed by atoms with E-state index in [2.05, 4.69) is 5.32 Å². The van der Waals surface area contributed by atoms with E-state index in [0.717, 1.165) is 0 Å². The second kappa shape index (κ2) is 3.92. The van der Waals surface area contributed by atoms with E-state index in [1.807, 2.05) is 0 Å². The minimum atomic E-state index is -0.898. The molecule has 0 unspecified atom stereocenters. The molecule has 0 amide bonds. The first-order chi connectivity index (χ1) is 7.00. The van der Waals surface area contributed by atoms with E-state index in [4.69, 9.17) is 16.6 Å². The largest absolute Gasteiger partial charge is 0.657 e. The maximum absolute atomic E-state index is 11.0. The lowest BCUT2D eigenvalue weighted by atomic mass is 10.3. The Labute approximate surface area is 84.3 Å². The molecule has 0 aliphatic rings. The third-order valence-corrected chi connectivity index (χ3v) is 1.73. The maximum Gasteiger partial charge on any atom is 0.446 e. The van der Waals surface area contributed by atoms with Crippen LogP contribution in [-0.2, 0) is 0 Å². The smallest absolute Gasteiger partial charge is 0.446 e. The van der Waals surface area contributed by atoms with E-state index in [1.54, 1.807) is 0 Å². The monoisotopic (exact) mass is 217 g/mol. The second-order valence-corrected chi connectivity index (χ2v) is 2.69. The first-order valence-corrected chi connectivity index (χ1v) is 3.98. The standard InChI is InChI=1S/C6H11N5O4/c7-3-4(9-1-2-12)6(13)11(15)10(14)5(3)8/h9,12-13H,1-2,7-8H2. The average molecular weight is 217 g/mol. The Balaban J connectivity index is 3.26. The fraction of sp³-hybridized carbons (Fsp3) is 0.333. The summed E-state index contributed by atoms with van der Waals surface area (Å²) in [4.78, 5) is -0.639. The van der Waals surface area contributed by atoms with Gasteiger partial charge in [-0.05, 0) is 0 Å². The van der Waals surface area contributed by atoms with Crippen LogP contribution in [0.1, 0.15) is 0 Å². The highest BCUT2D eigenvalue weighted by Gasteiger charge is 2.25. The zero-order valence-corrected chi connectivity index (χ0v) is 7.67. The minimum absolute atomic E-state index is 0.0556. The number of hydrogen-bond acceptors (Lipinski definition) is 7. The zero-order chi connectivity index (χ0) is 11.6. The Kier molecular flexibility index (Phi) is 2.85. The van der Waals surface area contributed by atoms with Crippen molar-refractivity contribution in [2.45, 2.75) is 0 Å². The summed E-state index contributed by atoms with van der Waals surface area (Å²) in [5.74, 6) is -1.42. The first-order valence-electron chi connectivity index (χ1n) is 3.98. The van der Waals surface area contributed by atoms with Crippen LogP contribution in [0.25, 0.3) is 0 Å². The number of hydrogen-bond donors (Lipinski definition) is 5. The van der Waals surface area contributed by atoms with Crippen molar-refractivity contribution < 1.29 is 19.9 Å². The van der Waals surface area contributed by atoms with E-state index in [9.17, 15) is 15.5 Å². The predicted molar refractivity (Wildman–Crippen MR) is 50.4 cm³/mol. The SMILES string of the molecule is Nc1c(NCCO)c(O)[n+]([O-])[n+]([O-])c1N. The fourth-order valence-corrected chi connectivity index (χ4v) is 0.986. The number of aromatic hydroxyl groups is 1. The Morgan fingerprint density at radius 1 is 1.27 bits per heavy atom. The molecule has 9 heteroatoms. The van der Waals surface area contributed by atoms with Gasteiger partial charge in [-0.1, -0.05) is 0 Å². The lowest BCUT2D eigenvalue weighted by molar-refractivity contribution is -1.18. The van der Waals surface area contributed by atoms with Gasteiger partial charge < -0.3 is 31.7 Å². The van der Waals surface area contributed by atoms with Crippen LogP contribution < -0.4 is 26.5 Å². The molecule has 0 aromatic carbocycles. The molecule has 9 nitrogen and oxygen atoms in total. The Morgan fingerprint density at radius 2 is 1.87 bits per heavy atom. The summed E-state index contributed by atoms with van der Waals surface area (Å²) >= 11 is 0. The summed E-state index contributed by atoms with van der Waals surface area (Å²) in [7, 11) is 0. The zero-order valence-electron chi connectivity index (χ0n) is 7.67. The average Bonchev–Trinajstić information content (AvgIpc) is 2.24. The maximum atomic E-state index is 11.0. The molecule has 15 heavy (non-hydrogen) atoms. The highest BCUT2D eigenvalue weighted by Crippen LogP contribution is 2.27. The minimum Gasteiger partial charge on any atom is -0.657 e. The summed E-state index contributed by atoms with van der Waals surface area (Å²) in [5.41, 5.74) is 10.2. The Hall–Kier alpha value is -2.16.